The predicted octanol–water partition coefficient (Wildman–Crippen LogP) is 4.50. The molecule has 1 heterocycles. The number of aromatic carboxylic acids is 1. The van der Waals surface area contributed by atoms with Crippen molar-refractivity contribution in [2.75, 3.05) is 5.32 Å². The Labute approximate surface area is 129 Å². The molecule has 0 saturated heterocycles. The third-order valence-corrected chi connectivity index (χ3v) is 3.89. The number of anilines is 2. The van der Waals surface area contributed by atoms with Crippen molar-refractivity contribution in [3.63, 3.8) is 0 Å². The van der Waals surface area contributed by atoms with Gasteiger partial charge in [0.1, 0.15) is 5.82 Å². The fourth-order valence-electron chi connectivity index (χ4n) is 1.68. The lowest BCUT2D eigenvalue weighted by molar-refractivity contribution is 0.0696. The van der Waals surface area contributed by atoms with Crippen molar-refractivity contribution in [3.05, 3.63) is 51.1 Å². The van der Waals surface area contributed by atoms with Gasteiger partial charge >= 0.3 is 5.97 Å². The molecule has 0 bridgehead atoms. The highest BCUT2D eigenvalue weighted by Gasteiger charge is 2.08. The minimum atomic E-state index is -0.970. The first-order chi connectivity index (χ1) is 9.49. The summed E-state index contributed by atoms with van der Waals surface area (Å²) in [5.74, 6) is -0.474. The van der Waals surface area contributed by atoms with Crippen LogP contribution in [0.5, 0.6) is 0 Å². The van der Waals surface area contributed by atoms with E-state index in [2.05, 4.69) is 26.2 Å². The smallest absolute Gasteiger partial charge is 0.335 e. The highest BCUT2D eigenvalue weighted by atomic mass is 79.9. The number of nitrogens with one attached hydrogen (secondary N) is 1. The monoisotopic (exact) mass is 354 g/mol. The van der Waals surface area contributed by atoms with E-state index in [-0.39, 0.29) is 5.56 Å². The summed E-state index contributed by atoms with van der Waals surface area (Å²) in [4.78, 5) is 15.5. The third kappa shape index (κ3) is 3.49. The van der Waals surface area contributed by atoms with E-state index in [1.807, 2.05) is 13.0 Å². The number of carbonyl (C=O) groups is 1. The molecule has 0 fully saturated rings. The van der Waals surface area contributed by atoms with Crippen LogP contribution in [-0.4, -0.2) is 16.1 Å². The van der Waals surface area contributed by atoms with E-state index < -0.39 is 5.97 Å². The molecule has 0 aliphatic carbocycles. The van der Waals surface area contributed by atoms with E-state index in [0.29, 0.717) is 17.3 Å². The Morgan fingerprint density at radius 1 is 1.40 bits per heavy atom. The van der Waals surface area contributed by atoms with Crippen LogP contribution in [0.15, 0.2) is 34.8 Å². The minimum absolute atomic E-state index is 0.215. The van der Waals surface area contributed by atoms with Crippen molar-refractivity contribution in [2.45, 2.75) is 13.3 Å². The summed E-state index contributed by atoms with van der Waals surface area (Å²) in [6, 6.07) is 8.43. The van der Waals surface area contributed by atoms with Crippen LogP contribution >= 0.6 is 27.5 Å². The fourth-order valence-corrected chi connectivity index (χ4v) is 2.17. The molecule has 0 spiro atoms. The van der Waals surface area contributed by atoms with Gasteiger partial charge in [0.05, 0.1) is 10.6 Å². The molecule has 1 aromatic heterocycles. The van der Waals surface area contributed by atoms with Gasteiger partial charge in [-0.2, -0.15) is 0 Å². The number of aromatic nitrogens is 1. The number of hydrogen-bond acceptors (Lipinski definition) is 3. The third-order valence-electron chi connectivity index (χ3n) is 2.68. The molecule has 0 atom stereocenters. The average molecular weight is 356 g/mol. The molecule has 0 aliphatic heterocycles. The zero-order chi connectivity index (χ0) is 14.7. The normalized spacial score (nSPS) is 10.3. The summed E-state index contributed by atoms with van der Waals surface area (Å²) >= 11 is 9.27. The molecule has 6 heteroatoms. The molecule has 2 rings (SSSR count). The van der Waals surface area contributed by atoms with Crippen LogP contribution in [0, 0.1) is 0 Å². The summed E-state index contributed by atoms with van der Waals surface area (Å²) in [5, 5.41) is 12.8. The van der Waals surface area contributed by atoms with Crippen LogP contribution in [0.1, 0.15) is 23.0 Å². The van der Waals surface area contributed by atoms with Crippen molar-refractivity contribution >= 4 is 45.0 Å². The summed E-state index contributed by atoms with van der Waals surface area (Å²) in [6.07, 6.45) is 0.667. The number of benzene rings is 1. The Balaban J connectivity index is 2.34. The molecule has 0 unspecified atom stereocenters. The Morgan fingerprint density at radius 3 is 2.75 bits per heavy atom. The SMILES string of the molecule is CCc1cc(C(=O)O)cc(Nc2ccc(Cl)c(Br)c2)n1. The lowest BCUT2D eigenvalue weighted by Crippen LogP contribution is -2.03. The van der Waals surface area contributed by atoms with E-state index in [1.165, 1.54) is 6.07 Å². The second kappa shape index (κ2) is 6.24. The number of carboxylic acid groups (broad SMARTS) is 1. The largest absolute Gasteiger partial charge is 0.478 e. The molecule has 20 heavy (non-hydrogen) atoms. The quantitative estimate of drug-likeness (QED) is 0.847. The van der Waals surface area contributed by atoms with Crippen LogP contribution in [0.4, 0.5) is 11.5 Å². The molecule has 2 aromatic rings. The lowest BCUT2D eigenvalue weighted by Gasteiger charge is -2.09. The maximum absolute atomic E-state index is 11.1. The minimum Gasteiger partial charge on any atom is -0.478 e. The van der Waals surface area contributed by atoms with Crippen LogP contribution in [0.25, 0.3) is 0 Å². The van der Waals surface area contributed by atoms with Gasteiger partial charge < -0.3 is 10.4 Å². The van der Waals surface area contributed by atoms with E-state index in [0.717, 1.165) is 15.9 Å². The highest BCUT2D eigenvalue weighted by molar-refractivity contribution is 9.10. The van der Waals surface area contributed by atoms with Gasteiger partial charge in [0.25, 0.3) is 0 Å². The molecule has 104 valence electrons. The Kier molecular flexibility index (Phi) is 4.62. The van der Waals surface area contributed by atoms with Gasteiger partial charge in [-0.15, -0.1) is 0 Å². The van der Waals surface area contributed by atoms with Gasteiger partial charge in [-0.1, -0.05) is 18.5 Å². The number of aryl methyl sites for hydroxylation is 1. The van der Waals surface area contributed by atoms with Gasteiger partial charge in [-0.25, -0.2) is 9.78 Å². The average Bonchev–Trinajstić information content (AvgIpc) is 2.42. The van der Waals surface area contributed by atoms with Gasteiger partial charge in [-0.3, -0.25) is 0 Å². The lowest BCUT2D eigenvalue weighted by atomic mass is 10.2. The number of rotatable bonds is 4. The Morgan fingerprint density at radius 2 is 2.15 bits per heavy atom. The molecule has 0 radical (unpaired) electrons. The van der Waals surface area contributed by atoms with E-state index in [9.17, 15) is 4.79 Å². The van der Waals surface area contributed by atoms with Gasteiger partial charge in [0.15, 0.2) is 0 Å². The zero-order valence-corrected chi connectivity index (χ0v) is 13.0. The van der Waals surface area contributed by atoms with Gasteiger partial charge in [0.2, 0.25) is 0 Å². The Hall–Kier alpha value is -1.59. The maximum atomic E-state index is 11.1. The Bertz CT molecular complexity index is 662. The van der Waals surface area contributed by atoms with Gasteiger partial charge in [0, 0.05) is 15.9 Å². The van der Waals surface area contributed by atoms with E-state index in [1.54, 1.807) is 18.2 Å². The molecule has 1 aromatic carbocycles. The topological polar surface area (TPSA) is 62.2 Å². The molecule has 0 aliphatic rings. The number of pyridine rings is 1. The second-order valence-corrected chi connectivity index (χ2v) is 5.41. The van der Waals surface area contributed by atoms with Crippen molar-refractivity contribution < 1.29 is 9.90 Å². The first-order valence-electron chi connectivity index (χ1n) is 5.96. The predicted molar refractivity (Wildman–Crippen MR) is 83.0 cm³/mol. The van der Waals surface area contributed by atoms with Crippen LogP contribution in [-0.2, 0) is 6.42 Å². The molecule has 0 amide bonds. The number of halogens is 2. The second-order valence-electron chi connectivity index (χ2n) is 4.14. The number of carboxylic acids is 1. The molecule has 2 N–H and O–H groups in total. The summed E-state index contributed by atoms with van der Waals surface area (Å²) in [5.41, 5.74) is 1.71. The van der Waals surface area contributed by atoms with Crippen molar-refractivity contribution in [2.24, 2.45) is 0 Å². The first-order valence-corrected chi connectivity index (χ1v) is 7.13. The summed E-state index contributed by atoms with van der Waals surface area (Å²) in [6.45, 7) is 1.93. The van der Waals surface area contributed by atoms with Crippen LogP contribution < -0.4 is 5.32 Å². The van der Waals surface area contributed by atoms with E-state index in [4.69, 9.17) is 16.7 Å². The van der Waals surface area contributed by atoms with Crippen molar-refractivity contribution in [1.82, 2.24) is 4.98 Å². The standard InChI is InChI=1S/C14H12BrClN2O2/c1-2-9-5-8(14(19)20)6-13(17-9)18-10-3-4-12(16)11(15)7-10/h3-7H,2H2,1H3,(H,17,18)(H,19,20). The zero-order valence-electron chi connectivity index (χ0n) is 10.7. The number of nitrogens with zero attached hydrogens (tertiary/aromatic N) is 1. The van der Waals surface area contributed by atoms with Crippen LogP contribution in [0.3, 0.4) is 0 Å². The highest BCUT2D eigenvalue weighted by Crippen LogP contribution is 2.27. The van der Waals surface area contributed by atoms with Gasteiger partial charge in [-0.05, 0) is 52.7 Å². The fraction of sp³-hybridized carbons (Fsp3) is 0.143. The number of hydrogen-bond donors (Lipinski definition) is 2. The molecular weight excluding hydrogens is 344 g/mol. The van der Waals surface area contributed by atoms with Crippen molar-refractivity contribution in [1.29, 1.82) is 0 Å². The van der Waals surface area contributed by atoms with Crippen LogP contribution in [0.2, 0.25) is 5.02 Å². The molecular formula is C14H12BrClN2O2. The summed E-state index contributed by atoms with van der Waals surface area (Å²) in [7, 11) is 0. The molecule has 4 nitrogen and oxygen atoms in total. The van der Waals surface area contributed by atoms with Crippen molar-refractivity contribution in [3.8, 4) is 0 Å². The van der Waals surface area contributed by atoms with E-state index >= 15 is 0 Å². The first kappa shape index (κ1) is 14.8. The molecule has 0 saturated carbocycles. The maximum Gasteiger partial charge on any atom is 0.335 e. The summed E-state index contributed by atoms with van der Waals surface area (Å²) < 4.78 is 0.759.